The molecule has 0 radical (unpaired) electrons. The second-order valence-electron chi connectivity index (χ2n) is 4.52. The predicted molar refractivity (Wildman–Crippen MR) is 71.3 cm³/mol. The number of furan rings is 1. The average Bonchev–Trinajstić information content (AvgIpc) is 2.95. The van der Waals surface area contributed by atoms with Crippen LogP contribution in [-0.2, 0) is 11.3 Å². The molecule has 17 heavy (non-hydrogen) atoms. The molecule has 1 saturated heterocycles. The van der Waals surface area contributed by atoms with Crippen molar-refractivity contribution in [3.63, 3.8) is 0 Å². The van der Waals surface area contributed by atoms with Gasteiger partial charge in [0, 0.05) is 23.7 Å². The summed E-state index contributed by atoms with van der Waals surface area (Å²) < 4.78 is 10.7. The van der Waals surface area contributed by atoms with Crippen LogP contribution in [0.5, 0.6) is 0 Å². The molecule has 1 N–H and O–H groups in total. The van der Waals surface area contributed by atoms with Crippen molar-refractivity contribution in [2.24, 2.45) is 0 Å². The van der Waals surface area contributed by atoms with Crippen LogP contribution in [0.2, 0.25) is 0 Å². The third-order valence-corrected chi connectivity index (χ3v) is 4.28. The van der Waals surface area contributed by atoms with E-state index in [2.05, 4.69) is 24.0 Å². The van der Waals surface area contributed by atoms with E-state index in [0.717, 1.165) is 30.6 Å². The van der Waals surface area contributed by atoms with Crippen molar-refractivity contribution in [3.8, 4) is 0 Å². The highest BCUT2D eigenvalue weighted by molar-refractivity contribution is 8.00. The summed E-state index contributed by atoms with van der Waals surface area (Å²) in [6.45, 7) is 4.74. The molecule has 2 rings (SSSR count). The third kappa shape index (κ3) is 4.74. The summed E-state index contributed by atoms with van der Waals surface area (Å²) in [5.41, 5.74) is 0. The van der Waals surface area contributed by atoms with Gasteiger partial charge < -0.3 is 14.5 Å². The van der Waals surface area contributed by atoms with Crippen LogP contribution in [0.15, 0.2) is 22.8 Å². The van der Waals surface area contributed by atoms with Gasteiger partial charge in [0.25, 0.3) is 0 Å². The fraction of sp³-hybridized carbons (Fsp3) is 0.692. The maximum atomic E-state index is 5.52. The maximum Gasteiger partial charge on any atom is 0.129 e. The van der Waals surface area contributed by atoms with Gasteiger partial charge in [-0.1, -0.05) is 6.92 Å². The molecule has 1 aromatic heterocycles. The van der Waals surface area contributed by atoms with Gasteiger partial charge in [-0.2, -0.15) is 11.8 Å². The molecule has 1 aromatic rings. The van der Waals surface area contributed by atoms with E-state index in [1.807, 2.05) is 12.1 Å². The smallest absolute Gasteiger partial charge is 0.129 e. The summed E-state index contributed by atoms with van der Waals surface area (Å²) in [5.74, 6) is 2.16. The Balaban J connectivity index is 1.44. The van der Waals surface area contributed by atoms with Gasteiger partial charge in [-0.15, -0.1) is 0 Å². The first-order valence-corrected chi connectivity index (χ1v) is 7.34. The Hall–Kier alpha value is -0.450. The molecule has 2 atom stereocenters. The van der Waals surface area contributed by atoms with E-state index >= 15 is 0 Å². The second-order valence-corrected chi connectivity index (χ2v) is 5.99. The van der Waals surface area contributed by atoms with Gasteiger partial charge in [0.1, 0.15) is 12.4 Å². The number of ether oxygens (including phenoxy) is 1. The minimum atomic E-state index is 0.587. The average molecular weight is 255 g/mol. The summed E-state index contributed by atoms with van der Waals surface area (Å²) in [7, 11) is 0. The third-order valence-electron chi connectivity index (χ3n) is 2.92. The number of nitrogens with one attached hydrogen (secondary N) is 1. The molecule has 1 aliphatic heterocycles. The quantitative estimate of drug-likeness (QED) is 0.760. The van der Waals surface area contributed by atoms with Gasteiger partial charge in [-0.05, 0) is 31.5 Å². The molecule has 0 bridgehead atoms. The van der Waals surface area contributed by atoms with Gasteiger partial charge in [-0.3, -0.25) is 0 Å². The highest BCUT2D eigenvalue weighted by Crippen LogP contribution is 2.25. The Labute approximate surface area is 107 Å². The van der Waals surface area contributed by atoms with Gasteiger partial charge in [0.15, 0.2) is 0 Å². The van der Waals surface area contributed by atoms with Crippen LogP contribution in [0.4, 0.5) is 0 Å². The Kier molecular flexibility index (Phi) is 5.42. The van der Waals surface area contributed by atoms with Crippen molar-refractivity contribution >= 4 is 11.8 Å². The zero-order valence-corrected chi connectivity index (χ0v) is 11.2. The lowest BCUT2D eigenvalue weighted by Crippen LogP contribution is -2.30. The fourth-order valence-electron chi connectivity index (χ4n) is 2.01. The summed E-state index contributed by atoms with van der Waals surface area (Å²) in [6.07, 6.45) is 4.05. The number of hydrogen-bond donors (Lipinski definition) is 1. The number of hydrogen-bond acceptors (Lipinski definition) is 4. The highest BCUT2D eigenvalue weighted by atomic mass is 32.2. The predicted octanol–water partition coefficient (Wildman–Crippen LogP) is 2.67. The molecule has 1 fully saturated rings. The van der Waals surface area contributed by atoms with E-state index < -0.39 is 0 Å². The molecule has 3 nitrogen and oxygen atoms in total. The van der Waals surface area contributed by atoms with Gasteiger partial charge in [0.2, 0.25) is 0 Å². The maximum absolute atomic E-state index is 5.52. The van der Waals surface area contributed by atoms with Gasteiger partial charge in [0.05, 0.1) is 6.26 Å². The lowest BCUT2D eigenvalue weighted by atomic mass is 10.2. The van der Waals surface area contributed by atoms with Gasteiger partial charge in [-0.25, -0.2) is 0 Å². The molecule has 2 heterocycles. The summed E-state index contributed by atoms with van der Waals surface area (Å²) >= 11 is 2.07. The van der Waals surface area contributed by atoms with Crippen molar-refractivity contribution in [2.45, 2.75) is 37.7 Å². The van der Waals surface area contributed by atoms with Crippen molar-refractivity contribution < 1.29 is 9.15 Å². The molecule has 0 spiro atoms. The lowest BCUT2D eigenvalue weighted by Gasteiger charge is -2.11. The second kappa shape index (κ2) is 7.09. The number of rotatable bonds is 7. The van der Waals surface area contributed by atoms with E-state index in [1.54, 1.807) is 6.26 Å². The van der Waals surface area contributed by atoms with Crippen molar-refractivity contribution in [2.75, 3.05) is 18.9 Å². The van der Waals surface area contributed by atoms with Crippen molar-refractivity contribution in [1.29, 1.82) is 0 Å². The number of thioether (sulfide) groups is 1. The Morgan fingerprint density at radius 3 is 3.24 bits per heavy atom. The van der Waals surface area contributed by atoms with Crippen LogP contribution in [-0.4, -0.2) is 30.2 Å². The molecule has 0 amide bonds. The summed E-state index contributed by atoms with van der Waals surface area (Å²) in [6, 6.07) is 4.54. The molecule has 0 aliphatic carbocycles. The molecule has 2 unspecified atom stereocenters. The fourth-order valence-corrected chi connectivity index (χ4v) is 3.19. The molecular formula is C13H21NO2S. The molecular weight excluding hydrogens is 234 g/mol. The van der Waals surface area contributed by atoms with E-state index in [1.165, 1.54) is 12.2 Å². The van der Waals surface area contributed by atoms with Gasteiger partial charge >= 0.3 is 0 Å². The zero-order chi connectivity index (χ0) is 11.9. The molecule has 4 heteroatoms. The van der Waals surface area contributed by atoms with E-state index in [4.69, 9.17) is 9.15 Å². The monoisotopic (exact) mass is 255 g/mol. The molecule has 1 aliphatic rings. The molecule has 0 aromatic carbocycles. The minimum absolute atomic E-state index is 0.587. The zero-order valence-electron chi connectivity index (χ0n) is 10.4. The first-order chi connectivity index (χ1) is 8.34. The van der Waals surface area contributed by atoms with E-state index in [0.29, 0.717) is 12.6 Å². The Bertz CT molecular complexity index is 302. The molecule has 0 saturated carbocycles. The standard InChI is InChI=1S/C13H21NO2S/c1-11-8-12(10-17-11)14-5-3-6-15-9-13-4-2-7-16-13/h2,4,7,11-12,14H,3,5-6,8-10H2,1H3. The van der Waals surface area contributed by atoms with E-state index in [9.17, 15) is 0 Å². The van der Waals surface area contributed by atoms with Crippen LogP contribution in [0.1, 0.15) is 25.5 Å². The Morgan fingerprint density at radius 2 is 2.53 bits per heavy atom. The first kappa shape index (κ1) is 13.0. The lowest BCUT2D eigenvalue weighted by molar-refractivity contribution is 0.104. The van der Waals surface area contributed by atoms with Crippen LogP contribution in [0, 0.1) is 0 Å². The van der Waals surface area contributed by atoms with E-state index in [-0.39, 0.29) is 0 Å². The van der Waals surface area contributed by atoms with Crippen LogP contribution in [0.3, 0.4) is 0 Å². The van der Waals surface area contributed by atoms with Crippen LogP contribution in [0.25, 0.3) is 0 Å². The van der Waals surface area contributed by atoms with Crippen molar-refractivity contribution in [1.82, 2.24) is 5.32 Å². The van der Waals surface area contributed by atoms with Crippen LogP contribution >= 0.6 is 11.8 Å². The summed E-state index contributed by atoms with van der Waals surface area (Å²) in [4.78, 5) is 0. The van der Waals surface area contributed by atoms with Crippen molar-refractivity contribution in [3.05, 3.63) is 24.2 Å². The Morgan fingerprint density at radius 1 is 1.59 bits per heavy atom. The SMILES string of the molecule is CC1CC(NCCCOCc2ccco2)CS1. The normalized spacial score (nSPS) is 24.3. The summed E-state index contributed by atoms with van der Waals surface area (Å²) in [5, 5.41) is 4.40. The molecule has 96 valence electrons. The van der Waals surface area contributed by atoms with Crippen LogP contribution < -0.4 is 5.32 Å². The minimum Gasteiger partial charge on any atom is -0.467 e. The first-order valence-electron chi connectivity index (χ1n) is 6.29. The largest absolute Gasteiger partial charge is 0.467 e. The highest BCUT2D eigenvalue weighted by Gasteiger charge is 2.20. The topological polar surface area (TPSA) is 34.4 Å².